The Morgan fingerprint density at radius 1 is 1.56 bits per heavy atom. The van der Waals surface area contributed by atoms with Crippen LogP contribution in [-0.4, -0.2) is 16.1 Å². The molecule has 0 aliphatic heterocycles. The number of nitrogens with zero attached hydrogens (tertiary/aromatic N) is 1. The van der Waals surface area contributed by atoms with Crippen LogP contribution in [-0.2, 0) is 6.42 Å². The number of aryl methyl sites for hydroxylation is 1. The molecule has 0 unspecified atom stereocenters. The molecule has 4 nitrogen and oxygen atoms in total. The zero-order chi connectivity index (χ0) is 13.3. The Labute approximate surface area is 107 Å². The van der Waals surface area contributed by atoms with Crippen molar-refractivity contribution in [2.24, 2.45) is 0 Å². The Morgan fingerprint density at radius 2 is 2.28 bits per heavy atom. The van der Waals surface area contributed by atoms with Gasteiger partial charge in [0.25, 0.3) is 0 Å². The molecule has 2 rings (SSSR count). The predicted molar refractivity (Wildman–Crippen MR) is 63.2 cm³/mol. The molecule has 94 valence electrons. The van der Waals surface area contributed by atoms with Gasteiger partial charge in [0.1, 0.15) is 5.82 Å². The van der Waals surface area contributed by atoms with Crippen LogP contribution >= 0.6 is 11.6 Å². The van der Waals surface area contributed by atoms with Gasteiger partial charge in [-0.15, -0.1) is 0 Å². The highest BCUT2D eigenvalue weighted by molar-refractivity contribution is 6.33. The summed E-state index contributed by atoms with van der Waals surface area (Å²) in [4.78, 5) is 15.0. The molecule has 18 heavy (non-hydrogen) atoms. The number of halogens is 2. The van der Waals surface area contributed by atoms with Crippen LogP contribution in [0.1, 0.15) is 23.2 Å². The molecule has 0 saturated heterocycles. The van der Waals surface area contributed by atoms with Crippen molar-refractivity contribution < 1.29 is 18.7 Å². The van der Waals surface area contributed by atoms with Crippen molar-refractivity contribution in [2.45, 2.75) is 13.3 Å². The first-order chi connectivity index (χ1) is 8.54. The number of hydrogen-bond acceptors (Lipinski definition) is 3. The topological polar surface area (TPSA) is 63.3 Å². The van der Waals surface area contributed by atoms with Gasteiger partial charge >= 0.3 is 5.97 Å². The lowest BCUT2D eigenvalue weighted by atomic mass is 10.2. The molecule has 0 fully saturated rings. The lowest BCUT2D eigenvalue weighted by Crippen LogP contribution is -1.98. The van der Waals surface area contributed by atoms with Crippen molar-refractivity contribution in [1.29, 1.82) is 0 Å². The number of oxazole rings is 1. The summed E-state index contributed by atoms with van der Waals surface area (Å²) >= 11 is 5.79. The van der Waals surface area contributed by atoms with Crippen molar-refractivity contribution in [2.75, 3.05) is 0 Å². The second-order valence-corrected chi connectivity index (χ2v) is 3.93. The number of carbonyl (C=O) groups is 1. The van der Waals surface area contributed by atoms with E-state index < -0.39 is 11.8 Å². The second kappa shape index (κ2) is 4.78. The molecule has 0 bridgehead atoms. The zero-order valence-corrected chi connectivity index (χ0v) is 10.2. The maximum absolute atomic E-state index is 13.3. The predicted octanol–water partition coefficient (Wildman–Crippen LogP) is 3.39. The Hall–Kier alpha value is -1.88. The standard InChI is InChI=1S/C12H9ClFNO3/c1-2-8-10(12(16)17)18-11(15-8)6-4-3-5-7(14)9(6)13/h3-5H,2H2,1H3,(H,16,17). The van der Waals surface area contributed by atoms with E-state index in [0.29, 0.717) is 12.1 Å². The Balaban J connectivity index is 2.58. The molecule has 0 aliphatic rings. The average Bonchev–Trinajstić information content (AvgIpc) is 2.76. The van der Waals surface area contributed by atoms with Crippen molar-refractivity contribution in [1.82, 2.24) is 4.98 Å². The number of rotatable bonds is 3. The molecule has 0 atom stereocenters. The molecule has 1 heterocycles. The summed E-state index contributed by atoms with van der Waals surface area (Å²) in [5.74, 6) is -2.05. The van der Waals surface area contributed by atoms with Crippen LogP contribution in [0.4, 0.5) is 4.39 Å². The maximum Gasteiger partial charge on any atom is 0.373 e. The molecule has 1 aromatic heterocycles. The number of carboxylic acid groups (broad SMARTS) is 1. The molecule has 0 saturated carbocycles. The molecule has 2 aromatic rings. The third-order valence-corrected chi connectivity index (χ3v) is 2.79. The Kier molecular flexibility index (Phi) is 3.34. The van der Waals surface area contributed by atoms with Gasteiger partial charge in [0, 0.05) is 0 Å². The molecular formula is C12H9ClFNO3. The molecular weight excluding hydrogens is 261 g/mol. The Bertz CT molecular complexity index is 609. The van der Waals surface area contributed by atoms with Crippen molar-refractivity contribution in [3.8, 4) is 11.5 Å². The van der Waals surface area contributed by atoms with E-state index in [1.807, 2.05) is 0 Å². The van der Waals surface area contributed by atoms with Gasteiger partial charge in [-0.1, -0.05) is 24.6 Å². The van der Waals surface area contributed by atoms with Gasteiger partial charge in [-0.05, 0) is 18.6 Å². The number of aromatic carboxylic acids is 1. The molecule has 1 N–H and O–H groups in total. The first-order valence-corrected chi connectivity index (χ1v) is 5.59. The van der Waals surface area contributed by atoms with Gasteiger partial charge in [-0.2, -0.15) is 0 Å². The highest BCUT2D eigenvalue weighted by atomic mass is 35.5. The lowest BCUT2D eigenvalue weighted by molar-refractivity contribution is 0.0662. The fourth-order valence-corrected chi connectivity index (χ4v) is 1.75. The van der Waals surface area contributed by atoms with Crippen LogP contribution in [0.2, 0.25) is 5.02 Å². The van der Waals surface area contributed by atoms with E-state index in [9.17, 15) is 9.18 Å². The highest BCUT2D eigenvalue weighted by Crippen LogP contribution is 2.30. The zero-order valence-electron chi connectivity index (χ0n) is 9.41. The van der Waals surface area contributed by atoms with Crippen LogP contribution in [0.5, 0.6) is 0 Å². The second-order valence-electron chi connectivity index (χ2n) is 3.55. The number of aromatic nitrogens is 1. The molecule has 6 heteroatoms. The smallest absolute Gasteiger partial charge is 0.373 e. The van der Waals surface area contributed by atoms with Crippen LogP contribution in [0, 0.1) is 5.82 Å². The van der Waals surface area contributed by atoms with E-state index in [4.69, 9.17) is 21.1 Å². The fourth-order valence-electron chi connectivity index (χ4n) is 1.54. The van der Waals surface area contributed by atoms with E-state index in [-0.39, 0.29) is 22.2 Å². The van der Waals surface area contributed by atoms with E-state index in [2.05, 4.69) is 4.98 Å². The van der Waals surface area contributed by atoms with Gasteiger partial charge in [-0.25, -0.2) is 14.2 Å². The number of benzene rings is 1. The van der Waals surface area contributed by atoms with Gasteiger partial charge in [0.05, 0.1) is 16.3 Å². The van der Waals surface area contributed by atoms with Crippen LogP contribution in [0.25, 0.3) is 11.5 Å². The van der Waals surface area contributed by atoms with Crippen molar-refractivity contribution in [3.63, 3.8) is 0 Å². The van der Waals surface area contributed by atoms with Crippen molar-refractivity contribution in [3.05, 3.63) is 40.5 Å². The minimum absolute atomic E-state index is 0.00810. The van der Waals surface area contributed by atoms with Crippen molar-refractivity contribution >= 4 is 17.6 Å². The summed E-state index contributed by atoms with van der Waals surface area (Å²) in [7, 11) is 0. The van der Waals surface area contributed by atoms with Crippen LogP contribution in [0.15, 0.2) is 22.6 Å². The van der Waals surface area contributed by atoms with Gasteiger partial charge in [0.2, 0.25) is 11.7 Å². The van der Waals surface area contributed by atoms with Gasteiger partial charge < -0.3 is 9.52 Å². The molecule has 1 aromatic carbocycles. The van der Waals surface area contributed by atoms with E-state index in [1.54, 1.807) is 6.92 Å². The van der Waals surface area contributed by atoms with E-state index in [1.165, 1.54) is 18.2 Å². The summed E-state index contributed by atoms with van der Waals surface area (Å²) < 4.78 is 18.4. The first kappa shape index (κ1) is 12.6. The quantitative estimate of drug-likeness (QED) is 0.927. The normalized spacial score (nSPS) is 10.6. The van der Waals surface area contributed by atoms with Gasteiger partial charge in [-0.3, -0.25) is 0 Å². The number of carboxylic acids is 1. The monoisotopic (exact) mass is 269 g/mol. The molecule has 0 amide bonds. The first-order valence-electron chi connectivity index (χ1n) is 5.22. The van der Waals surface area contributed by atoms with Crippen LogP contribution in [0.3, 0.4) is 0 Å². The largest absolute Gasteiger partial charge is 0.475 e. The SMILES string of the molecule is CCc1nc(-c2cccc(F)c2Cl)oc1C(=O)O. The van der Waals surface area contributed by atoms with E-state index in [0.717, 1.165) is 0 Å². The molecule has 0 radical (unpaired) electrons. The summed E-state index contributed by atoms with van der Waals surface area (Å²) in [5.41, 5.74) is 0.539. The summed E-state index contributed by atoms with van der Waals surface area (Å²) in [6.07, 6.45) is 0.401. The molecule has 0 aliphatic carbocycles. The minimum atomic E-state index is -1.21. The third kappa shape index (κ3) is 2.09. The summed E-state index contributed by atoms with van der Waals surface area (Å²) in [5, 5.41) is 8.80. The lowest BCUT2D eigenvalue weighted by Gasteiger charge is -1.99. The van der Waals surface area contributed by atoms with E-state index >= 15 is 0 Å². The third-order valence-electron chi connectivity index (χ3n) is 2.41. The summed E-state index contributed by atoms with van der Waals surface area (Å²) in [6.45, 7) is 1.75. The maximum atomic E-state index is 13.3. The number of hydrogen-bond donors (Lipinski definition) is 1. The van der Waals surface area contributed by atoms with Crippen LogP contribution < -0.4 is 0 Å². The average molecular weight is 270 g/mol. The Morgan fingerprint density at radius 3 is 2.83 bits per heavy atom. The fraction of sp³-hybridized carbons (Fsp3) is 0.167. The summed E-state index contributed by atoms with van der Waals surface area (Å²) in [6, 6.07) is 4.17. The van der Waals surface area contributed by atoms with Gasteiger partial charge in [0.15, 0.2) is 0 Å². The highest BCUT2D eigenvalue weighted by Gasteiger charge is 2.21. The minimum Gasteiger partial charge on any atom is -0.475 e. The molecule has 0 spiro atoms.